The van der Waals surface area contributed by atoms with Gasteiger partial charge in [0, 0.05) is 18.8 Å². The van der Waals surface area contributed by atoms with Crippen molar-refractivity contribution in [1.29, 1.82) is 5.26 Å². The molecule has 2 aromatic rings. The maximum Gasteiger partial charge on any atom is 0.232 e. The van der Waals surface area contributed by atoms with Gasteiger partial charge in [-0.05, 0) is 35.2 Å². The first-order valence-corrected chi connectivity index (χ1v) is 8.83. The maximum absolute atomic E-state index is 12.4. The van der Waals surface area contributed by atoms with Crippen molar-refractivity contribution in [3.8, 4) is 6.07 Å². The van der Waals surface area contributed by atoms with Gasteiger partial charge in [0.1, 0.15) is 0 Å². The topological polar surface area (TPSA) is 44.1 Å². The SMILES string of the molecule is N#Cc1ccc(CSCC(=O)N2CCc3ccccc3C2)cc1. The van der Waals surface area contributed by atoms with E-state index in [1.165, 1.54) is 11.1 Å². The molecule has 0 radical (unpaired) electrons. The molecule has 4 heteroatoms. The molecule has 0 aromatic heterocycles. The van der Waals surface area contributed by atoms with Gasteiger partial charge in [-0.15, -0.1) is 11.8 Å². The molecule has 1 heterocycles. The van der Waals surface area contributed by atoms with Gasteiger partial charge in [-0.2, -0.15) is 5.26 Å². The van der Waals surface area contributed by atoms with Gasteiger partial charge in [-0.1, -0.05) is 36.4 Å². The van der Waals surface area contributed by atoms with Crippen LogP contribution in [0.4, 0.5) is 0 Å². The third kappa shape index (κ3) is 3.94. The largest absolute Gasteiger partial charge is 0.337 e. The Morgan fingerprint density at radius 3 is 2.61 bits per heavy atom. The van der Waals surface area contributed by atoms with Crippen molar-refractivity contribution in [2.75, 3.05) is 12.3 Å². The van der Waals surface area contributed by atoms with Crippen LogP contribution < -0.4 is 0 Å². The Morgan fingerprint density at radius 2 is 1.87 bits per heavy atom. The number of thioether (sulfide) groups is 1. The number of carbonyl (C=O) groups excluding carboxylic acids is 1. The second-order valence-electron chi connectivity index (χ2n) is 5.64. The highest BCUT2D eigenvalue weighted by atomic mass is 32.2. The van der Waals surface area contributed by atoms with Crippen molar-refractivity contribution in [2.45, 2.75) is 18.7 Å². The average Bonchev–Trinajstić information content (AvgIpc) is 2.61. The molecule has 3 rings (SSSR count). The molecule has 0 unspecified atom stereocenters. The third-order valence-electron chi connectivity index (χ3n) is 4.06. The molecule has 0 bridgehead atoms. The first-order valence-electron chi connectivity index (χ1n) is 7.67. The quantitative estimate of drug-likeness (QED) is 0.867. The highest BCUT2D eigenvalue weighted by Crippen LogP contribution is 2.20. The van der Waals surface area contributed by atoms with Gasteiger partial charge in [0.2, 0.25) is 5.91 Å². The van der Waals surface area contributed by atoms with Crippen LogP contribution in [0.5, 0.6) is 0 Å². The summed E-state index contributed by atoms with van der Waals surface area (Å²) in [6.45, 7) is 1.54. The zero-order chi connectivity index (χ0) is 16.1. The van der Waals surface area contributed by atoms with E-state index in [-0.39, 0.29) is 5.91 Å². The monoisotopic (exact) mass is 322 g/mol. The van der Waals surface area contributed by atoms with Gasteiger partial charge in [0.05, 0.1) is 17.4 Å². The first-order chi connectivity index (χ1) is 11.3. The third-order valence-corrected chi connectivity index (χ3v) is 5.05. The minimum atomic E-state index is 0.207. The number of hydrogen-bond donors (Lipinski definition) is 0. The molecule has 0 saturated carbocycles. The van der Waals surface area contributed by atoms with Crippen LogP contribution in [0, 0.1) is 11.3 Å². The lowest BCUT2D eigenvalue weighted by Crippen LogP contribution is -2.37. The molecule has 0 N–H and O–H groups in total. The van der Waals surface area contributed by atoms with Gasteiger partial charge in [-0.25, -0.2) is 0 Å². The molecule has 0 saturated heterocycles. The van der Waals surface area contributed by atoms with Crippen molar-refractivity contribution in [2.24, 2.45) is 0 Å². The van der Waals surface area contributed by atoms with E-state index in [9.17, 15) is 4.79 Å². The number of rotatable bonds is 4. The van der Waals surface area contributed by atoms with E-state index >= 15 is 0 Å². The van der Waals surface area contributed by atoms with E-state index in [1.807, 2.05) is 35.2 Å². The molecule has 3 nitrogen and oxygen atoms in total. The van der Waals surface area contributed by atoms with Gasteiger partial charge < -0.3 is 4.90 Å². The smallest absolute Gasteiger partial charge is 0.232 e. The van der Waals surface area contributed by atoms with E-state index in [4.69, 9.17) is 5.26 Å². The molecular formula is C19H18N2OS. The van der Waals surface area contributed by atoms with Crippen molar-refractivity contribution in [1.82, 2.24) is 4.90 Å². The lowest BCUT2D eigenvalue weighted by Gasteiger charge is -2.28. The summed E-state index contributed by atoms with van der Waals surface area (Å²) >= 11 is 1.63. The van der Waals surface area contributed by atoms with E-state index in [0.717, 1.165) is 30.8 Å². The molecule has 116 valence electrons. The van der Waals surface area contributed by atoms with E-state index in [2.05, 4.69) is 24.3 Å². The fraction of sp³-hybridized carbons (Fsp3) is 0.263. The lowest BCUT2D eigenvalue weighted by atomic mass is 10.00. The fourth-order valence-corrected chi connectivity index (χ4v) is 3.62. The number of carbonyl (C=O) groups is 1. The number of fused-ring (bicyclic) bond motifs is 1. The Kier molecular flexibility index (Phi) is 4.99. The number of hydrogen-bond acceptors (Lipinski definition) is 3. The van der Waals surface area contributed by atoms with Crippen molar-refractivity contribution in [3.05, 3.63) is 70.8 Å². The van der Waals surface area contributed by atoms with E-state index in [1.54, 1.807) is 11.8 Å². The molecule has 23 heavy (non-hydrogen) atoms. The number of amides is 1. The summed E-state index contributed by atoms with van der Waals surface area (Å²) in [5, 5.41) is 8.79. The standard InChI is InChI=1S/C19H18N2OS/c20-11-15-5-7-16(8-6-15)13-23-14-19(22)21-10-9-17-3-1-2-4-18(17)12-21/h1-8H,9-10,12-14H2. The van der Waals surface area contributed by atoms with Gasteiger partial charge in [-0.3, -0.25) is 4.79 Å². The Balaban J connectivity index is 1.49. The summed E-state index contributed by atoms with van der Waals surface area (Å²) < 4.78 is 0. The highest BCUT2D eigenvalue weighted by molar-refractivity contribution is 7.99. The minimum absolute atomic E-state index is 0.207. The Morgan fingerprint density at radius 1 is 1.13 bits per heavy atom. The summed E-state index contributed by atoms with van der Waals surface area (Å²) in [4.78, 5) is 14.3. The maximum atomic E-state index is 12.4. The molecule has 1 aliphatic rings. The summed E-state index contributed by atoms with van der Waals surface area (Å²) in [6, 6.07) is 18.0. The average molecular weight is 322 g/mol. The molecule has 0 atom stereocenters. The molecule has 0 spiro atoms. The number of nitriles is 1. The van der Waals surface area contributed by atoms with Crippen LogP contribution in [0.1, 0.15) is 22.3 Å². The van der Waals surface area contributed by atoms with E-state index in [0.29, 0.717) is 11.3 Å². The Bertz CT molecular complexity index is 734. The fourth-order valence-electron chi connectivity index (χ4n) is 2.73. The second-order valence-corrected chi connectivity index (χ2v) is 6.62. The molecule has 1 amide bonds. The molecule has 0 fully saturated rings. The van der Waals surface area contributed by atoms with Crippen LogP contribution in [-0.4, -0.2) is 23.1 Å². The van der Waals surface area contributed by atoms with Crippen molar-refractivity contribution < 1.29 is 4.79 Å². The van der Waals surface area contributed by atoms with Crippen LogP contribution >= 0.6 is 11.8 Å². The van der Waals surface area contributed by atoms with Crippen molar-refractivity contribution >= 4 is 17.7 Å². The Hall–Kier alpha value is -2.25. The molecular weight excluding hydrogens is 304 g/mol. The van der Waals surface area contributed by atoms with Crippen molar-refractivity contribution in [3.63, 3.8) is 0 Å². The summed E-state index contributed by atoms with van der Waals surface area (Å²) in [5.41, 5.74) is 4.44. The normalized spacial score (nSPS) is 13.3. The highest BCUT2D eigenvalue weighted by Gasteiger charge is 2.19. The first kappa shape index (κ1) is 15.6. The van der Waals surface area contributed by atoms with Crippen LogP contribution in [-0.2, 0) is 23.5 Å². The van der Waals surface area contributed by atoms with Crippen LogP contribution in [0.15, 0.2) is 48.5 Å². The van der Waals surface area contributed by atoms with Crippen LogP contribution in [0.3, 0.4) is 0 Å². The molecule has 0 aliphatic carbocycles. The predicted octanol–water partition coefficient (Wildman–Crippen LogP) is 3.38. The lowest BCUT2D eigenvalue weighted by molar-refractivity contribution is -0.129. The second kappa shape index (κ2) is 7.34. The van der Waals surface area contributed by atoms with Gasteiger partial charge in [0.25, 0.3) is 0 Å². The Labute approximate surface area is 140 Å². The van der Waals surface area contributed by atoms with E-state index < -0.39 is 0 Å². The number of benzene rings is 2. The summed E-state index contributed by atoms with van der Waals surface area (Å²) in [7, 11) is 0. The molecule has 2 aromatic carbocycles. The summed E-state index contributed by atoms with van der Waals surface area (Å²) in [6.07, 6.45) is 0.947. The molecule has 1 aliphatic heterocycles. The van der Waals surface area contributed by atoms with Gasteiger partial charge >= 0.3 is 0 Å². The van der Waals surface area contributed by atoms with Crippen LogP contribution in [0.2, 0.25) is 0 Å². The summed E-state index contributed by atoms with van der Waals surface area (Å²) in [5.74, 6) is 1.50. The zero-order valence-electron chi connectivity index (χ0n) is 12.9. The van der Waals surface area contributed by atoms with Crippen LogP contribution in [0.25, 0.3) is 0 Å². The minimum Gasteiger partial charge on any atom is -0.337 e. The predicted molar refractivity (Wildman–Crippen MR) is 92.9 cm³/mol. The zero-order valence-corrected chi connectivity index (χ0v) is 13.7. The van der Waals surface area contributed by atoms with Gasteiger partial charge in [0.15, 0.2) is 0 Å². The number of nitrogens with zero attached hydrogens (tertiary/aromatic N) is 2.